The molecule has 1 fully saturated rings. The molecule has 1 aliphatic carbocycles. The lowest BCUT2D eigenvalue weighted by Gasteiger charge is -2.30. The fourth-order valence-corrected chi connectivity index (χ4v) is 3.75. The molecular weight excluding hydrogens is 374 g/mol. The molecule has 0 saturated heterocycles. The van der Waals surface area contributed by atoms with Gasteiger partial charge in [-0.15, -0.1) is 0 Å². The lowest BCUT2D eigenvalue weighted by Crippen LogP contribution is -2.41. The van der Waals surface area contributed by atoms with Crippen molar-refractivity contribution in [3.8, 4) is 11.5 Å². The zero-order valence-electron chi connectivity index (χ0n) is 16.8. The van der Waals surface area contributed by atoms with Crippen LogP contribution in [0.15, 0.2) is 35.1 Å². The number of nitrogens with one attached hydrogen (secondary N) is 1. The highest BCUT2D eigenvalue weighted by atomic mass is 16.5. The third kappa shape index (κ3) is 5.28. The summed E-state index contributed by atoms with van der Waals surface area (Å²) in [6, 6.07) is 6.74. The second kappa shape index (κ2) is 9.95. The fraction of sp³-hybridized carbons (Fsp3) is 0.476. The molecule has 2 amide bonds. The van der Waals surface area contributed by atoms with Crippen LogP contribution in [0.1, 0.15) is 42.5 Å². The first-order valence-electron chi connectivity index (χ1n) is 9.83. The van der Waals surface area contributed by atoms with Gasteiger partial charge in [0, 0.05) is 12.6 Å². The zero-order chi connectivity index (χ0) is 20.6. The molecule has 2 aromatic rings. The zero-order valence-corrected chi connectivity index (χ0v) is 16.8. The Labute approximate surface area is 170 Å². The third-order valence-electron chi connectivity index (χ3n) is 5.17. The topological polar surface area (TPSA) is 93.9 Å². The summed E-state index contributed by atoms with van der Waals surface area (Å²) < 4.78 is 15.5. The number of hydrogen-bond donors (Lipinski definition) is 1. The molecule has 0 unspecified atom stereocenters. The van der Waals surface area contributed by atoms with Gasteiger partial charge < -0.3 is 24.2 Å². The number of carbonyl (C=O) groups is 2. The molecule has 8 heteroatoms. The average Bonchev–Trinajstić information content (AvgIpc) is 3.25. The van der Waals surface area contributed by atoms with Crippen molar-refractivity contribution in [2.24, 2.45) is 5.92 Å². The van der Waals surface area contributed by atoms with Gasteiger partial charge in [0.05, 0.1) is 14.2 Å². The monoisotopic (exact) mass is 401 g/mol. The third-order valence-corrected chi connectivity index (χ3v) is 5.17. The van der Waals surface area contributed by atoms with Crippen LogP contribution in [0, 0.1) is 5.92 Å². The predicted molar refractivity (Wildman–Crippen MR) is 107 cm³/mol. The van der Waals surface area contributed by atoms with Crippen LogP contribution in [0.3, 0.4) is 0 Å². The van der Waals surface area contributed by atoms with Crippen molar-refractivity contribution >= 4 is 17.6 Å². The molecule has 3 rings (SSSR count). The number of amides is 2. The number of aromatic nitrogens is 1. The Morgan fingerprint density at radius 1 is 1.14 bits per heavy atom. The van der Waals surface area contributed by atoms with Gasteiger partial charge in [-0.1, -0.05) is 30.5 Å². The van der Waals surface area contributed by atoms with Gasteiger partial charge in [0.25, 0.3) is 5.91 Å². The minimum absolute atomic E-state index is 0.0939. The first-order valence-corrected chi connectivity index (χ1v) is 9.83. The molecule has 1 N–H and O–H groups in total. The first kappa shape index (κ1) is 20.7. The lowest BCUT2D eigenvalue weighted by molar-refractivity contribution is -0.117. The number of anilines is 1. The molecule has 0 spiro atoms. The summed E-state index contributed by atoms with van der Waals surface area (Å²) in [6.07, 6.45) is 7.00. The fourth-order valence-electron chi connectivity index (χ4n) is 3.75. The van der Waals surface area contributed by atoms with E-state index in [1.165, 1.54) is 26.9 Å². The summed E-state index contributed by atoms with van der Waals surface area (Å²) in [4.78, 5) is 27.6. The van der Waals surface area contributed by atoms with Gasteiger partial charge in [-0.2, -0.15) is 0 Å². The predicted octanol–water partition coefficient (Wildman–Crippen LogP) is 3.35. The summed E-state index contributed by atoms with van der Waals surface area (Å²) >= 11 is 0. The molecule has 0 atom stereocenters. The maximum Gasteiger partial charge on any atom is 0.261 e. The normalized spacial score (nSPS) is 14.3. The van der Waals surface area contributed by atoms with Gasteiger partial charge in [-0.3, -0.25) is 9.59 Å². The Bertz CT molecular complexity index is 793. The molecule has 1 saturated carbocycles. The number of hydrogen-bond acceptors (Lipinski definition) is 6. The number of methoxy groups -OCH3 is 2. The van der Waals surface area contributed by atoms with E-state index in [9.17, 15) is 9.59 Å². The van der Waals surface area contributed by atoms with E-state index in [0.29, 0.717) is 35.3 Å². The second-order valence-electron chi connectivity index (χ2n) is 7.16. The van der Waals surface area contributed by atoms with Crippen molar-refractivity contribution in [3.63, 3.8) is 0 Å². The van der Waals surface area contributed by atoms with Crippen LogP contribution in [0.5, 0.6) is 11.5 Å². The van der Waals surface area contributed by atoms with Crippen LogP contribution in [-0.2, 0) is 4.79 Å². The number of ether oxygens (including phenoxy) is 2. The van der Waals surface area contributed by atoms with E-state index >= 15 is 0 Å². The number of rotatable bonds is 8. The maximum atomic E-state index is 13.5. The van der Waals surface area contributed by atoms with Crippen molar-refractivity contribution in [2.75, 3.05) is 32.6 Å². The number of carbonyl (C=O) groups excluding carboxylic acids is 2. The standard InChI is InChI=1S/C21H27N3O5/c1-27-16-9-6-10-17(28-2)20(16)21(26)24(13-15-7-4-3-5-8-15)14-19(25)22-18-11-12-29-23-18/h6,9-12,15H,3-5,7-8,13-14H2,1-2H3,(H,22,23,25). The van der Waals surface area contributed by atoms with E-state index in [1.807, 2.05) is 0 Å². The Balaban J connectivity index is 1.83. The molecule has 0 radical (unpaired) electrons. The Kier molecular flexibility index (Phi) is 7.10. The van der Waals surface area contributed by atoms with Crippen molar-refractivity contribution in [2.45, 2.75) is 32.1 Å². The van der Waals surface area contributed by atoms with Gasteiger partial charge in [-0.25, -0.2) is 0 Å². The van der Waals surface area contributed by atoms with Crippen LogP contribution in [0.25, 0.3) is 0 Å². The second-order valence-corrected chi connectivity index (χ2v) is 7.16. The molecule has 1 aliphatic rings. The minimum Gasteiger partial charge on any atom is -0.496 e. The van der Waals surface area contributed by atoms with E-state index in [1.54, 1.807) is 29.2 Å². The van der Waals surface area contributed by atoms with Crippen LogP contribution < -0.4 is 14.8 Å². The molecule has 1 aromatic carbocycles. The molecule has 29 heavy (non-hydrogen) atoms. The first-order chi connectivity index (χ1) is 14.1. The van der Waals surface area contributed by atoms with E-state index in [-0.39, 0.29) is 18.4 Å². The summed E-state index contributed by atoms with van der Waals surface area (Å²) in [5.74, 6) is 0.889. The largest absolute Gasteiger partial charge is 0.496 e. The summed E-state index contributed by atoms with van der Waals surface area (Å²) in [6.45, 7) is 0.412. The summed E-state index contributed by atoms with van der Waals surface area (Å²) in [7, 11) is 3.02. The summed E-state index contributed by atoms with van der Waals surface area (Å²) in [5, 5.41) is 6.34. The lowest BCUT2D eigenvalue weighted by atomic mass is 9.89. The molecule has 156 valence electrons. The van der Waals surface area contributed by atoms with E-state index in [0.717, 1.165) is 25.7 Å². The number of nitrogens with zero attached hydrogens (tertiary/aromatic N) is 2. The molecular formula is C21H27N3O5. The van der Waals surface area contributed by atoms with Gasteiger partial charge in [0.15, 0.2) is 5.82 Å². The van der Waals surface area contributed by atoms with Crippen LogP contribution >= 0.6 is 0 Å². The quantitative estimate of drug-likeness (QED) is 0.729. The average molecular weight is 401 g/mol. The minimum atomic E-state index is -0.336. The number of benzene rings is 1. The van der Waals surface area contributed by atoms with Crippen LogP contribution in [-0.4, -0.2) is 49.2 Å². The van der Waals surface area contributed by atoms with Crippen LogP contribution in [0.2, 0.25) is 0 Å². The Hall–Kier alpha value is -3.03. The summed E-state index contributed by atoms with van der Waals surface area (Å²) in [5.41, 5.74) is 0.322. The van der Waals surface area contributed by atoms with E-state index in [2.05, 4.69) is 10.5 Å². The van der Waals surface area contributed by atoms with Crippen molar-refractivity contribution in [1.82, 2.24) is 10.1 Å². The Morgan fingerprint density at radius 3 is 2.41 bits per heavy atom. The molecule has 1 aromatic heterocycles. The van der Waals surface area contributed by atoms with Gasteiger partial charge >= 0.3 is 0 Å². The molecule has 1 heterocycles. The highest BCUT2D eigenvalue weighted by Gasteiger charge is 2.28. The Morgan fingerprint density at radius 2 is 1.83 bits per heavy atom. The highest BCUT2D eigenvalue weighted by Crippen LogP contribution is 2.31. The molecule has 0 bridgehead atoms. The molecule has 8 nitrogen and oxygen atoms in total. The van der Waals surface area contributed by atoms with E-state index < -0.39 is 0 Å². The highest BCUT2D eigenvalue weighted by molar-refractivity contribution is 6.02. The van der Waals surface area contributed by atoms with Crippen molar-refractivity contribution in [3.05, 3.63) is 36.1 Å². The van der Waals surface area contributed by atoms with Gasteiger partial charge in [-0.05, 0) is 30.9 Å². The van der Waals surface area contributed by atoms with Crippen molar-refractivity contribution < 1.29 is 23.6 Å². The van der Waals surface area contributed by atoms with Crippen molar-refractivity contribution in [1.29, 1.82) is 0 Å². The SMILES string of the molecule is COc1cccc(OC)c1C(=O)N(CC(=O)Nc1ccon1)CC1CCCCC1. The maximum absolute atomic E-state index is 13.5. The smallest absolute Gasteiger partial charge is 0.261 e. The van der Waals surface area contributed by atoms with Crippen LogP contribution in [0.4, 0.5) is 5.82 Å². The van der Waals surface area contributed by atoms with Gasteiger partial charge in [0.2, 0.25) is 5.91 Å². The van der Waals surface area contributed by atoms with Gasteiger partial charge in [0.1, 0.15) is 29.9 Å². The van der Waals surface area contributed by atoms with E-state index in [4.69, 9.17) is 14.0 Å². The molecule has 0 aliphatic heterocycles.